The zero-order valence-electron chi connectivity index (χ0n) is 14.0. The molecular formula is C16H25N5O4. The van der Waals surface area contributed by atoms with Gasteiger partial charge in [0.1, 0.15) is 30.2 Å². The molecule has 1 aliphatic carbocycles. The lowest BCUT2D eigenvalue weighted by molar-refractivity contribution is -0.0779. The highest BCUT2D eigenvalue weighted by Gasteiger charge is 2.50. The molecular weight excluding hydrogens is 326 g/mol. The van der Waals surface area contributed by atoms with Gasteiger partial charge in [0, 0.05) is 0 Å². The molecule has 9 nitrogen and oxygen atoms in total. The van der Waals surface area contributed by atoms with Crippen molar-refractivity contribution < 1.29 is 20.1 Å². The van der Waals surface area contributed by atoms with Gasteiger partial charge in [-0.05, 0) is 12.8 Å². The van der Waals surface area contributed by atoms with Gasteiger partial charge >= 0.3 is 0 Å². The molecule has 0 amide bonds. The highest BCUT2D eigenvalue weighted by Crippen LogP contribution is 2.30. The first-order chi connectivity index (χ1) is 12.2. The fraction of sp³-hybridized carbons (Fsp3) is 0.812. The van der Waals surface area contributed by atoms with Gasteiger partial charge < -0.3 is 30.3 Å². The zero-order valence-corrected chi connectivity index (χ0v) is 14.0. The Kier molecular flexibility index (Phi) is 4.72. The molecule has 1 saturated carbocycles. The van der Waals surface area contributed by atoms with Crippen molar-refractivity contribution in [3.05, 3.63) is 0 Å². The van der Waals surface area contributed by atoms with Gasteiger partial charge in [-0.3, -0.25) is 9.98 Å². The van der Waals surface area contributed by atoms with E-state index < -0.39 is 24.5 Å². The molecule has 4 aliphatic rings. The molecule has 25 heavy (non-hydrogen) atoms. The van der Waals surface area contributed by atoms with Crippen LogP contribution in [0.1, 0.15) is 32.1 Å². The average molecular weight is 351 g/mol. The number of aliphatic hydroxyl groups is 3. The van der Waals surface area contributed by atoms with Gasteiger partial charge in [0.05, 0.1) is 25.3 Å². The molecule has 9 heteroatoms. The van der Waals surface area contributed by atoms with Crippen LogP contribution in [0.5, 0.6) is 0 Å². The lowest BCUT2D eigenvalue weighted by Gasteiger charge is -2.33. The predicted octanol–water partition coefficient (Wildman–Crippen LogP) is -1.17. The van der Waals surface area contributed by atoms with Crippen LogP contribution >= 0.6 is 0 Å². The van der Waals surface area contributed by atoms with E-state index in [0.717, 1.165) is 18.7 Å². The molecule has 2 unspecified atom stereocenters. The molecule has 3 heterocycles. The molecule has 1 saturated heterocycles. The third kappa shape index (κ3) is 3.05. The fourth-order valence-corrected chi connectivity index (χ4v) is 3.96. The van der Waals surface area contributed by atoms with E-state index >= 15 is 0 Å². The summed E-state index contributed by atoms with van der Waals surface area (Å²) in [5.74, 6) is 0.789. The number of amidine groups is 1. The van der Waals surface area contributed by atoms with E-state index in [2.05, 4.69) is 15.3 Å². The molecule has 0 aromatic carbocycles. The molecule has 4 N–H and O–H groups in total. The van der Waals surface area contributed by atoms with Crippen molar-refractivity contribution in [2.24, 2.45) is 15.0 Å². The summed E-state index contributed by atoms with van der Waals surface area (Å²) in [4.78, 5) is 15.5. The molecule has 2 fully saturated rings. The van der Waals surface area contributed by atoms with Crippen molar-refractivity contribution >= 4 is 18.5 Å². The van der Waals surface area contributed by atoms with Crippen LogP contribution in [-0.2, 0) is 4.74 Å². The van der Waals surface area contributed by atoms with Gasteiger partial charge in [-0.1, -0.05) is 19.3 Å². The maximum Gasteiger partial charge on any atom is 0.162 e. The lowest BCUT2D eigenvalue weighted by atomic mass is 9.96. The topological polar surface area (TPSA) is 122 Å². The summed E-state index contributed by atoms with van der Waals surface area (Å²) in [5, 5.41) is 32.6. The quantitative estimate of drug-likeness (QED) is 0.508. The van der Waals surface area contributed by atoms with Crippen LogP contribution in [0.2, 0.25) is 0 Å². The molecule has 3 aliphatic heterocycles. The molecule has 0 radical (unpaired) electrons. The Balaban J connectivity index is 1.50. The summed E-state index contributed by atoms with van der Waals surface area (Å²) in [5.41, 5.74) is 0. The van der Waals surface area contributed by atoms with Crippen LogP contribution in [0.3, 0.4) is 0 Å². The van der Waals surface area contributed by atoms with Crippen LogP contribution < -0.4 is 5.32 Å². The van der Waals surface area contributed by atoms with Crippen LogP contribution in [0.4, 0.5) is 0 Å². The van der Waals surface area contributed by atoms with Crippen molar-refractivity contribution in [1.29, 1.82) is 0 Å². The Labute approximate surface area is 146 Å². The summed E-state index contributed by atoms with van der Waals surface area (Å²) < 4.78 is 5.60. The Morgan fingerprint density at radius 1 is 1.20 bits per heavy atom. The molecule has 0 bridgehead atoms. The van der Waals surface area contributed by atoms with Crippen molar-refractivity contribution in [1.82, 2.24) is 10.2 Å². The van der Waals surface area contributed by atoms with Gasteiger partial charge in [-0.25, -0.2) is 4.99 Å². The van der Waals surface area contributed by atoms with E-state index in [1.54, 1.807) is 17.6 Å². The second-order valence-corrected chi connectivity index (χ2v) is 7.03. The summed E-state index contributed by atoms with van der Waals surface area (Å²) >= 11 is 0. The number of nitrogens with zero attached hydrogens (tertiary/aromatic N) is 4. The van der Waals surface area contributed by atoms with Crippen LogP contribution in [0.25, 0.3) is 0 Å². The SMILES string of the molecule is OC[C@H]1O[C@@H](N2C=NC3C(=NC4CCCCC4)NC=NC32)[C@H](O)[C@@H]1O. The number of ether oxygens (including phenoxy) is 1. The summed E-state index contributed by atoms with van der Waals surface area (Å²) in [6.45, 7) is -0.354. The van der Waals surface area contributed by atoms with Gasteiger partial charge in [-0.2, -0.15) is 0 Å². The average Bonchev–Trinajstić information content (AvgIpc) is 3.18. The smallest absolute Gasteiger partial charge is 0.162 e. The maximum absolute atomic E-state index is 10.2. The third-order valence-electron chi connectivity index (χ3n) is 5.38. The second kappa shape index (κ2) is 6.99. The number of nitrogens with one attached hydrogen (secondary N) is 1. The van der Waals surface area contributed by atoms with E-state index in [9.17, 15) is 15.3 Å². The minimum Gasteiger partial charge on any atom is -0.394 e. The summed E-state index contributed by atoms with van der Waals surface area (Å²) in [6, 6.07) is 0.0506. The first-order valence-electron chi connectivity index (χ1n) is 8.98. The van der Waals surface area contributed by atoms with E-state index in [0.29, 0.717) is 6.04 Å². The first kappa shape index (κ1) is 16.9. The van der Waals surface area contributed by atoms with Gasteiger partial charge in [0.2, 0.25) is 0 Å². The highest BCUT2D eigenvalue weighted by molar-refractivity contribution is 5.99. The number of hydrogen-bond donors (Lipinski definition) is 4. The Hall–Kier alpha value is -1.55. The summed E-state index contributed by atoms with van der Waals surface area (Å²) in [7, 11) is 0. The number of hydrogen-bond acceptors (Lipinski definition) is 8. The molecule has 4 rings (SSSR count). The minimum absolute atomic E-state index is 0.270. The number of aliphatic imine (C=N–C) groups is 3. The number of fused-ring (bicyclic) bond motifs is 1. The number of aliphatic hydroxyl groups excluding tert-OH is 3. The fourth-order valence-electron chi connectivity index (χ4n) is 3.96. The van der Waals surface area contributed by atoms with Crippen molar-refractivity contribution in [2.45, 2.75) is 74.9 Å². The molecule has 0 aromatic heterocycles. The Morgan fingerprint density at radius 3 is 2.72 bits per heavy atom. The summed E-state index contributed by atoms with van der Waals surface area (Å²) in [6.07, 6.45) is 4.85. The zero-order chi connectivity index (χ0) is 17.4. The van der Waals surface area contributed by atoms with Gasteiger partial charge in [-0.15, -0.1) is 0 Å². The van der Waals surface area contributed by atoms with E-state index in [1.807, 2.05) is 0 Å². The molecule has 0 spiro atoms. The molecule has 138 valence electrons. The standard InChI is InChI=1S/C16H25N5O4/c22-6-10-12(23)13(24)16(25-10)21-8-19-11-14(17-7-18-15(11)21)20-9-4-2-1-3-5-9/h7-13,15-16,22-24H,1-6H2,(H,17,18,20)/t10-,11?,12-,13-,15?,16-/m1/s1. The van der Waals surface area contributed by atoms with E-state index in [4.69, 9.17) is 9.73 Å². The van der Waals surface area contributed by atoms with Crippen LogP contribution in [0, 0.1) is 0 Å². The molecule has 0 aromatic rings. The monoisotopic (exact) mass is 351 g/mol. The Morgan fingerprint density at radius 2 is 2.00 bits per heavy atom. The van der Waals surface area contributed by atoms with Crippen molar-refractivity contribution in [3.63, 3.8) is 0 Å². The normalized spacial score (nSPS) is 42.8. The third-order valence-corrected chi connectivity index (χ3v) is 5.38. The van der Waals surface area contributed by atoms with E-state index in [1.165, 1.54) is 19.3 Å². The second-order valence-electron chi connectivity index (χ2n) is 7.03. The largest absolute Gasteiger partial charge is 0.394 e. The predicted molar refractivity (Wildman–Crippen MR) is 91.6 cm³/mol. The highest BCUT2D eigenvalue weighted by atomic mass is 16.6. The van der Waals surface area contributed by atoms with Crippen molar-refractivity contribution in [2.75, 3.05) is 6.61 Å². The maximum atomic E-state index is 10.2. The van der Waals surface area contributed by atoms with E-state index in [-0.39, 0.29) is 18.8 Å². The van der Waals surface area contributed by atoms with Gasteiger partial charge in [0.15, 0.2) is 12.4 Å². The minimum atomic E-state index is -1.14. The molecule has 6 atom stereocenters. The lowest BCUT2D eigenvalue weighted by Crippen LogP contribution is -2.53. The Bertz CT molecular complexity index is 577. The van der Waals surface area contributed by atoms with Crippen LogP contribution in [0.15, 0.2) is 15.0 Å². The number of rotatable bonds is 3. The first-order valence-corrected chi connectivity index (χ1v) is 8.98. The van der Waals surface area contributed by atoms with Gasteiger partial charge in [0.25, 0.3) is 0 Å². The van der Waals surface area contributed by atoms with Crippen LogP contribution in [-0.4, -0.2) is 88.1 Å². The van der Waals surface area contributed by atoms with Crippen molar-refractivity contribution in [3.8, 4) is 0 Å².